The number of nitrogens with one attached hydrogen (secondary N) is 1. The molecule has 1 nitrogen and oxygen atoms in total. The second kappa shape index (κ2) is 5.89. The van der Waals surface area contributed by atoms with Gasteiger partial charge in [0.05, 0.1) is 6.54 Å². The smallest absolute Gasteiger partial charge is 0.124 e. The molecule has 1 rings (SSSR count). The molecule has 1 aromatic rings. The maximum absolute atomic E-state index is 12.8. The quantitative estimate of drug-likeness (QED) is 0.831. The zero-order valence-electron chi connectivity index (χ0n) is 8.77. The molecule has 0 aliphatic carbocycles. The van der Waals surface area contributed by atoms with E-state index in [1.54, 1.807) is 13.0 Å². The fourth-order valence-electron chi connectivity index (χ4n) is 1.26. The van der Waals surface area contributed by atoms with Crippen LogP contribution in [0.1, 0.15) is 25.5 Å². The molecule has 0 saturated carbocycles. The van der Waals surface area contributed by atoms with Crippen LogP contribution in [0.25, 0.3) is 0 Å². The molecule has 0 bridgehead atoms. The van der Waals surface area contributed by atoms with E-state index in [1.165, 1.54) is 12.1 Å². The van der Waals surface area contributed by atoms with Crippen molar-refractivity contribution < 1.29 is 4.39 Å². The lowest BCUT2D eigenvalue weighted by Crippen LogP contribution is -2.19. The number of hydrogen-bond donors (Lipinski definition) is 1. The van der Waals surface area contributed by atoms with Crippen molar-refractivity contribution in [3.8, 4) is 11.8 Å². The highest BCUT2D eigenvalue weighted by atomic mass is 79.9. The van der Waals surface area contributed by atoms with E-state index in [9.17, 15) is 4.39 Å². The Bertz CT molecular complexity index is 392. The fraction of sp³-hybridized carbons (Fsp3) is 0.333. The first-order chi connectivity index (χ1) is 7.15. The summed E-state index contributed by atoms with van der Waals surface area (Å²) < 4.78 is 13.6. The van der Waals surface area contributed by atoms with Gasteiger partial charge in [-0.25, -0.2) is 4.39 Å². The summed E-state index contributed by atoms with van der Waals surface area (Å²) in [6.45, 7) is 4.47. The van der Waals surface area contributed by atoms with Crippen LogP contribution in [0.5, 0.6) is 0 Å². The summed E-state index contributed by atoms with van der Waals surface area (Å²) in [4.78, 5) is 0. The standard InChI is InChI=1S/C12H13BrFN/c1-3-4-7-15-9(2)11-6-5-10(14)8-12(11)13/h5-6,8-9,15H,7H2,1-2H3. The predicted octanol–water partition coefficient (Wildman–Crippen LogP) is 3.26. The van der Waals surface area contributed by atoms with Crippen molar-refractivity contribution in [2.45, 2.75) is 19.9 Å². The van der Waals surface area contributed by atoms with Crippen LogP contribution in [0.4, 0.5) is 4.39 Å². The fourth-order valence-corrected chi connectivity index (χ4v) is 1.95. The molecule has 0 aromatic heterocycles. The largest absolute Gasteiger partial charge is 0.300 e. The highest BCUT2D eigenvalue weighted by molar-refractivity contribution is 9.10. The van der Waals surface area contributed by atoms with Crippen molar-refractivity contribution in [3.05, 3.63) is 34.1 Å². The molecule has 1 N–H and O–H groups in total. The molecule has 0 aliphatic heterocycles. The van der Waals surface area contributed by atoms with Gasteiger partial charge in [0.15, 0.2) is 0 Å². The Morgan fingerprint density at radius 1 is 1.53 bits per heavy atom. The lowest BCUT2D eigenvalue weighted by atomic mass is 10.1. The zero-order valence-corrected chi connectivity index (χ0v) is 10.4. The lowest BCUT2D eigenvalue weighted by Gasteiger charge is -2.13. The number of rotatable bonds is 3. The Morgan fingerprint density at radius 3 is 2.87 bits per heavy atom. The summed E-state index contributed by atoms with van der Waals surface area (Å²) in [6, 6.07) is 4.86. The minimum atomic E-state index is -0.230. The lowest BCUT2D eigenvalue weighted by molar-refractivity contribution is 0.606. The molecule has 15 heavy (non-hydrogen) atoms. The zero-order chi connectivity index (χ0) is 11.3. The molecule has 0 saturated heterocycles. The van der Waals surface area contributed by atoms with E-state index in [4.69, 9.17) is 0 Å². The normalized spacial score (nSPS) is 11.7. The van der Waals surface area contributed by atoms with Crippen LogP contribution >= 0.6 is 15.9 Å². The van der Waals surface area contributed by atoms with E-state index >= 15 is 0 Å². The Labute approximate surface area is 98.2 Å². The Balaban J connectivity index is 2.71. The molecule has 0 fully saturated rings. The van der Waals surface area contributed by atoms with Crippen molar-refractivity contribution in [1.82, 2.24) is 5.32 Å². The second-order valence-electron chi connectivity index (χ2n) is 3.20. The summed E-state index contributed by atoms with van der Waals surface area (Å²) >= 11 is 3.34. The van der Waals surface area contributed by atoms with Gasteiger partial charge in [0, 0.05) is 10.5 Å². The van der Waals surface area contributed by atoms with Gasteiger partial charge in [0.2, 0.25) is 0 Å². The van der Waals surface area contributed by atoms with Gasteiger partial charge in [-0.05, 0) is 31.5 Å². The van der Waals surface area contributed by atoms with E-state index in [0.717, 1.165) is 10.0 Å². The first-order valence-corrected chi connectivity index (χ1v) is 5.52. The van der Waals surface area contributed by atoms with E-state index in [2.05, 4.69) is 33.1 Å². The molecule has 1 aromatic carbocycles. The van der Waals surface area contributed by atoms with Crippen LogP contribution in [0, 0.1) is 17.7 Å². The minimum Gasteiger partial charge on any atom is -0.300 e. The van der Waals surface area contributed by atoms with Gasteiger partial charge in [-0.1, -0.05) is 27.9 Å². The van der Waals surface area contributed by atoms with Gasteiger partial charge in [0.25, 0.3) is 0 Å². The third-order valence-electron chi connectivity index (χ3n) is 2.10. The molecular weight excluding hydrogens is 257 g/mol. The third kappa shape index (κ3) is 3.65. The van der Waals surface area contributed by atoms with E-state index in [1.807, 2.05) is 6.92 Å². The Morgan fingerprint density at radius 2 is 2.27 bits per heavy atom. The number of benzene rings is 1. The van der Waals surface area contributed by atoms with Crippen LogP contribution in [-0.4, -0.2) is 6.54 Å². The van der Waals surface area contributed by atoms with Crippen molar-refractivity contribution in [1.29, 1.82) is 0 Å². The summed E-state index contributed by atoms with van der Waals surface area (Å²) in [5.74, 6) is 5.51. The predicted molar refractivity (Wildman–Crippen MR) is 64.0 cm³/mol. The van der Waals surface area contributed by atoms with Gasteiger partial charge in [-0.15, -0.1) is 5.92 Å². The van der Waals surface area contributed by atoms with Gasteiger partial charge < -0.3 is 0 Å². The summed E-state index contributed by atoms with van der Waals surface area (Å²) in [7, 11) is 0. The van der Waals surface area contributed by atoms with E-state index in [-0.39, 0.29) is 11.9 Å². The van der Waals surface area contributed by atoms with Gasteiger partial charge in [0.1, 0.15) is 5.82 Å². The van der Waals surface area contributed by atoms with Crippen molar-refractivity contribution in [3.63, 3.8) is 0 Å². The molecule has 0 heterocycles. The SMILES string of the molecule is CC#CCNC(C)c1ccc(F)cc1Br. The second-order valence-corrected chi connectivity index (χ2v) is 4.05. The molecule has 0 radical (unpaired) electrons. The molecule has 0 amide bonds. The van der Waals surface area contributed by atoms with Crippen LogP contribution in [0.3, 0.4) is 0 Å². The molecule has 1 atom stereocenters. The molecule has 0 aliphatic rings. The van der Waals surface area contributed by atoms with Crippen LogP contribution in [0.15, 0.2) is 22.7 Å². The molecule has 1 unspecified atom stereocenters. The average Bonchev–Trinajstić information content (AvgIpc) is 2.17. The van der Waals surface area contributed by atoms with Crippen LogP contribution in [0.2, 0.25) is 0 Å². The van der Waals surface area contributed by atoms with Crippen molar-refractivity contribution in [2.24, 2.45) is 0 Å². The molecule has 80 valence electrons. The van der Waals surface area contributed by atoms with E-state index in [0.29, 0.717) is 6.54 Å². The van der Waals surface area contributed by atoms with Crippen LogP contribution < -0.4 is 5.32 Å². The maximum Gasteiger partial charge on any atom is 0.124 e. The van der Waals surface area contributed by atoms with Gasteiger partial charge in [-0.2, -0.15) is 0 Å². The highest BCUT2D eigenvalue weighted by Crippen LogP contribution is 2.23. The third-order valence-corrected chi connectivity index (χ3v) is 2.79. The first kappa shape index (κ1) is 12.2. The number of halogens is 2. The molecule has 0 spiro atoms. The monoisotopic (exact) mass is 269 g/mol. The number of hydrogen-bond acceptors (Lipinski definition) is 1. The summed E-state index contributed by atoms with van der Waals surface area (Å²) in [5, 5.41) is 3.23. The Hall–Kier alpha value is -0.850. The average molecular weight is 270 g/mol. The van der Waals surface area contributed by atoms with Gasteiger partial charge >= 0.3 is 0 Å². The molecule has 3 heteroatoms. The topological polar surface area (TPSA) is 12.0 Å². The van der Waals surface area contributed by atoms with Crippen LogP contribution in [-0.2, 0) is 0 Å². The van der Waals surface area contributed by atoms with E-state index < -0.39 is 0 Å². The first-order valence-electron chi connectivity index (χ1n) is 4.73. The minimum absolute atomic E-state index is 0.154. The Kier molecular flexibility index (Phi) is 4.80. The summed E-state index contributed by atoms with van der Waals surface area (Å²) in [5.41, 5.74) is 1.04. The van der Waals surface area contributed by atoms with Gasteiger partial charge in [-0.3, -0.25) is 5.32 Å². The highest BCUT2D eigenvalue weighted by Gasteiger charge is 2.08. The maximum atomic E-state index is 12.8. The summed E-state index contributed by atoms with van der Waals surface area (Å²) in [6.07, 6.45) is 0. The van der Waals surface area contributed by atoms with Crippen molar-refractivity contribution in [2.75, 3.05) is 6.54 Å². The van der Waals surface area contributed by atoms with Crippen molar-refractivity contribution >= 4 is 15.9 Å². The molecular formula is C12H13BrFN.